The number of nitrogens with one attached hydrogen (secondary N) is 1. The van der Waals surface area contributed by atoms with Crippen molar-refractivity contribution in [1.29, 1.82) is 0 Å². The van der Waals surface area contributed by atoms with Crippen LogP contribution in [0, 0.1) is 10.1 Å². The zero-order chi connectivity index (χ0) is 20.9. The topological polar surface area (TPSA) is 97.0 Å². The molecular weight excluding hydrogens is 382 g/mol. The molecule has 0 aliphatic carbocycles. The Labute approximate surface area is 173 Å². The van der Waals surface area contributed by atoms with E-state index in [9.17, 15) is 15.2 Å². The Balaban J connectivity index is 1.69. The normalized spacial score (nSPS) is 16.4. The first-order chi connectivity index (χ1) is 14.7. The number of hydrogen-bond acceptors (Lipinski definition) is 6. The molecule has 3 aromatic carbocycles. The Morgan fingerprint density at radius 3 is 2.47 bits per heavy atom. The molecule has 1 aliphatic rings. The minimum Gasteiger partial charge on any atom is -0.475 e. The lowest BCUT2D eigenvalue weighted by molar-refractivity contribution is -0.384. The lowest BCUT2D eigenvalue weighted by Crippen LogP contribution is -2.17. The van der Waals surface area contributed by atoms with E-state index in [-0.39, 0.29) is 24.4 Å². The molecule has 0 fully saturated rings. The fourth-order valence-corrected chi connectivity index (χ4v) is 3.42. The maximum absolute atomic E-state index is 11.3. The predicted molar refractivity (Wildman–Crippen MR) is 115 cm³/mol. The Bertz CT molecular complexity index is 1050. The fraction of sp³-hybridized carbons (Fsp3) is 0.174. The lowest BCUT2D eigenvalue weighted by Gasteiger charge is -2.20. The van der Waals surface area contributed by atoms with Gasteiger partial charge in [-0.25, -0.2) is 4.99 Å². The smallest absolute Gasteiger partial charge is 0.270 e. The van der Waals surface area contributed by atoms with Crippen molar-refractivity contribution in [2.24, 2.45) is 4.99 Å². The first kappa shape index (κ1) is 19.6. The number of non-ortho nitro benzene ring substituents is 1. The number of hydrogen-bond donors (Lipinski definition) is 2. The minimum atomic E-state index is -0.446. The van der Waals surface area contributed by atoms with Crippen molar-refractivity contribution in [1.82, 2.24) is 0 Å². The van der Waals surface area contributed by atoms with Gasteiger partial charge in [-0.1, -0.05) is 60.7 Å². The van der Waals surface area contributed by atoms with Crippen LogP contribution in [0.2, 0.25) is 0 Å². The third kappa shape index (κ3) is 4.16. The molecule has 1 aliphatic heterocycles. The van der Waals surface area contributed by atoms with E-state index >= 15 is 0 Å². The number of anilines is 1. The van der Waals surface area contributed by atoms with Crippen LogP contribution in [0.4, 0.5) is 11.4 Å². The van der Waals surface area contributed by atoms with Crippen LogP contribution in [0.25, 0.3) is 0 Å². The summed E-state index contributed by atoms with van der Waals surface area (Å²) < 4.78 is 5.83. The van der Waals surface area contributed by atoms with Gasteiger partial charge in [0.1, 0.15) is 12.6 Å². The molecule has 2 atom stereocenters. The molecule has 0 bridgehead atoms. The van der Waals surface area contributed by atoms with Gasteiger partial charge in [-0.15, -0.1) is 0 Å². The molecule has 0 unspecified atom stereocenters. The maximum atomic E-state index is 11.3. The van der Waals surface area contributed by atoms with Crippen LogP contribution in [0.3, 0.4) is 0 Å². The first-order valence-electron chi connectivity index (χ1n) is 9.62. The van der Waals surface area contributed by atoms with Gasteiger partial charge in [-0.3, -0.25) is 10.1 Å². The highest BCUT2D eigenvalue weighted by atomic mass is 16.6. The molecule has 152 valence electrons. The standard InChI is InChI=1S/C23H21N3O4/c27-14-21(16-7-3-1-4-8-16)24-20-12-11-18(26(28)29)13-19(20)23-25-22(15-30-23)17-9-5-2-6-10-17/h1-13,21-22,24,27H,14-15H2/t21-,22-/m0/s1. The van der Waals surface area contributed by atoms with Crippen molar-refractivity contribution in [3.63, 3.8) is 0 Å². The van der Waals surface area contributed by atoms with Crippen LogP contribution in [0.5, 0.6) is 0 Å². The van der Waals surface area contributed by atoms with Gasteiger partial charge < -0.3 is 15.2 Å². The van der Waals surface area contributed by atoms with E-state index in [4.69, 9.17) is 4.74 Å². The second-order valence-electron chi connectivity index (χ2n) is 6.95. The number of aliphatic imine (C=N–C) groups is 1. The van der Waals surface area contributed by atoms with Gasteiger partial charge in [0.05, 0.1) is 23.1 Å². The van der Waals surface area contributed by atoms with Crippen LogP contribution in [-0.4, -0.2) is 29.1 Å². The summed E-state index contributed by atoms with van der Waals surface area (Å²) in [5.74, 6) is 0.347. The van der Waals surface area contributed by atoms with Gasteiger partial charge in [0.2, 0.25) is 5.90 Å². The van der Waals surface area contributed by atoms with E-state index in [1.807, 2.05) is 60.7 Å². The molecule has 0 saturated carbocycles. The highest BCUT2D eigenvalue weighted by Gasteiger charge is 2.26. The van der Waals surface area contributed by atoms with E-state index in [2.05, 4.69) is 10.3 Å². The van der Waals surface area contributed by atoms with Crippen LogP contribution in [0.15, 0.2) is 83.9 Å². The van der Waals surface area contributed by atoms with Crippen LogP contribution < -0.4 is 5.32 Å². The number of nitro groups is 1. The monoisotopic (exact) mass is 403 g/mol. The highest BCUT2D eigenvalue weighted by Crippen LogP contribution is 2.31. The number of ether oxygens (including phenoxy) is 1. The highest BCUT2D eigenvalue weighted by molar-refractivity contribution is 6.01. The molecule has 2 N–H and O–H groups in total. The number of benzene rings is 3. The van der Waals surface area contributed by atoms with Crippen molar-refractivity contribution >= 4 is 17.3 Å². The first-order valence-corrected chi connectivity index (χ1v) is 9.62. The minimum absolute atomic E-state index is 0.0507. The molecule has 7 heteroatoms. The van der Waals surface area contributed by atoms with Crippen LogP contribution >= 0.6 is 0 Å². The maximum Gasteiger partial charge on any atom is 0.270 e. The molecule has 1 heterocycles. The Kier molecular flexibility index (Phi) is 5.72. The average Bonchev–Trinajstić information content (AvgIpc) is 3.29. The SMILES string of the molecule is O=[N+]([O-])c1ccc(N[C@@H](CO)c2ccccc2)c(C2=N[C@H](c3ccccc3)CO2)c1. The Morgan fingerprint density at radius 1 is 1.10 bits per heavy atom. The summed E-state index contributed by atoms with van der Waals surface area (Å²) in [6.45, 7) is 0.226. The van der Waals surface area contributed by atoms with Crippen molar-refractivity contribution in [2.75, 3.05) is 18.5 Å². The summed E-state index contributed by atoms with van der Waals surface area (Å²) in [7, 11) is 0. The van der Waals surface area contributed by atoms with E-state index < -0.39 is 4.92 Å². The molecule has 0 radical (unpaired) electrons. The third-order valence-electron chi connectivity index (χ3n) is 4.99. The summed E-state index contributed by atoms with van der Waals surface area (Å²) in [6.07, 6.45) is 0. The van der Waals surface area contributed by atoms with E-state index in [0.717, 1.165) is 11.1 Å². The molecule has 30 heavy (non-hydrogen) atoms. The van der Waals surface area contributed by atoms with Crippen LogP contribution in [0.1, 0.15) is 28.8 Å². The average molecular weight is 403 g/mol. The second kappa shape index (κ2) is 8.75. The quantitative estimate of drug-likeness (QED) is 0.454. The Hall–Kier alpha value is -3.71. The summed E-state index contributed by atoms with van der Waals surface area (Å²) in [5.41, 5.74) is 2.98. The zero-order valence-electron chi connectivity index (χ0n) is 16.1. The largest absolute Gasteiger partial charge is 0.475 e. The van der Waals surface area contributed by atoms with E-state index in [1.165, 1.54) is 12.1 Å². The van der Waals surface area contributed by atoms with Crippen molar-refractivity contribution in [3.05, 3.63) is 106 Å². The predicted octanol–water partition coefficient (Wildman–Crippen LogP) is 4.26. The summed E-state index contributed by atoms with van der Waals surface area (Å²) >= 11 is 0. The van der Waals surface area contributed by atoms with Gasteiger partial charge in [0.15, 0.2) is 0 Å². The molecule has 4 rings (SSSR count). The van der Waals surface area contributed by atoms with E-state index in [1.54, 1.807) is 6.07 Å². The van der Waals surface area contributed by atoms with Crippen molar-refractivity contribution in [3.8, 4) is 0 Å². The van der Waals surface area contributed by atoms with Crippen molar-refractivity contribution in [2.45, 2.75) is 12.1 Å². The molecule has 0 spiro atoms. The number of aliphatic hydroxyl groups is 1. The lowest BCUT2D eigenvalue weighted by atomic mass is 10.1. The summed E-state index contributed by atoms with van der Waals surface area (Å²) in [4.78, 5) is 15.5. The fourth-order valence-electron chi connectivity index (χ4n) is 3.42. The number of rotatable bonds is 7. The molecule has 0 saturated heterocycles. The molecule has 0 aromatic heterocycles. The zero-order valence-corrected chi connectivity index (χ0v) is 16.1. The van der Waals surface area contributed by atoms with Gasteiger partial charge in [-0.05, 0) is 17.2 Å². The third-order valence-corrected chi connectivity index (χ3v) is 4.99. The second-order valence-corrected chi connectivity index (χ2v) is 6.95. The van der Waals surface area contributed by atoms with Gasteiger partial charge in [0.25, 0.3) is 5.69 Å². The number of aliphatic hydroxyl groups excluding tert-OH is 1. The summed E-state index contributed by atoms with van der Waals surface area (Å²) in [6, 6.07) is 23.2. The number of nitrogens with zero attached hydrogens (tertiary/aromatic N) is 2. The van der Waals surface area contributed by atoms with Crippen LogP contribution in [-0.2, 0) is 4.74 Å². The molecule has 7 nitrogen and oxygen atoms in total. The summed E-state index contributed by atoms with van der Waals surface area (Å²) in [5, 5.41) is 24.5. The van der Waals surface area contributed by atoms with Gasteiger partial charge in [-0.2, -0.15) is 0 Å². The van der Waals surface area contributed by atoms with Crippen molar-refractivity contribution < 1.29 is 14.8 Å². The van der Waals surface area contributed by atoms with Gasteiger partial charge >= 0.3 is 0 Å². The molecular formula is C23H21N3O4. The molecule has 3 aromatic rings. The molecule has 0 amide bonds. The van der Waals surface area contributed by atoms with E-state index in [0.29, 0.717) is 23.8 Å². The Morgan fingerprint density at radius 2 is 1.80 bits per heavy atom. The number of nitro benzene ring substituents is 1. The van der Waals surface area contributed by atoms with Gasteiger partial charge in [0, 0.05) is 17.8 Å².